The van der Waals surface area contributed by atoms with Gasteiger partial charge in [-0.05, 0) is 36.8 Å². The van der Waals surface area contributed by atoms with E-state index < -0.39 is 17.7 Å². The molecule has 1 aliphatic heterocycles. The number of para-hydroxylation sites is 1. The second-order valence-electron chi connectivity index (χ2n) is 7.14. The minimum absolute atomic E-state index is 0.0675. The maximum Gasteiger partial charge on any atom is 0.300 e. The first-order chi connectivity index (χ1) is 14.5. The topological polar surface area (TPSA) is 66.8 Å². The van der Waals surface area contributed by atoms with Crippen LogP contribution in [0.15, 0.2) is 84.4 Å². The predicted molar refractivity (Wildman–Crippen MR) is 115 cm³/mol. The van der Waals surface area contributed by atoms with E-state index in [9.17, 15) is 14.7 Å². The Balaban J connectivity index is 1.92. The lowest BCUT2D eigenvalue weighted by molar-refractivity contribution is -0.132. The van der Waals surface area contributed by atoms with Crippen LogP contribution in [0.5, 0.6) is 5.75 Å². The standard InChI is InChI=1S/C25H21NO4/c1-16-8-10-18(11-9-16)23(27)21-22(17-12-14-20(30-2)15-13-17)26(25(29)24(21)28)19-6-4-3-5-7-19/h3-15,22,27H,1-2H3/t22-/m1/s1. The first-order valence-corrected chi connectivity index (χ1v) is 9.58. The third kappa shape index (κ3) is 3.35. The number of ketones is 1. The SMILES string of the molecule is COc1ccc([C@@H]2C(=C(O)c3ccc(C)cc3)C(=O)C(=O)N2c2ccccc2)cc1. The van der Waals surface area contributed by atoms with Gasteiger partial charge in [-0.25, -0.2) is 0 Å². The number of nitrogens with zero attached hydrogens (tertiary/aromatic N) is 1. The summed E-state index contributed by atoms with van der Waals surface area (Å²) in [5.41, 5.74) is 2.88. The summed E-state index contributed by atoms with van der Waals surface area (Å²) in [4.78, 5) is 27.5. The van der Waals surface area contributed by atoms with Crippen LogP contribution in [0.25, 0.3) is 5.76 Å². The fraction of sp³-hybridized carbons (Fsp3) is 0.120. The fourth-order valence-corrected chi connectivity index (χ4v) is 3.66. The molecule has 30 heavy (non-hydrogen) atoms. The Labute approximate surface area is 174 Å². The largest absolute Gasteiger partial charge is 0.507 e. The molecule has 1 amide bonds. The van der Waals surface area contributed by atoms with Gasteiger partial charge < -0.3 is 9.84 Å². The van der Waals surface area contributed by atoms with Crippen molar-refractivity contribution in [3.63, 3.8) is 0 Å². The molecule has 4 rings (SSSR count). The van der Waals surface area contributed by atoms with Crippen molar-refractivity contribution in [3.8, 4) is 5.75 Å². The van der Waals surface area contributed by atoms with Gasteiger partial charge in [-0.1, -0.05) is 60.2 Å². The minimum Gasteiger partial charge on any atom is -0.507 e. The Kier molecular flexibility index (Phi) is 5.11. The summed E-state index contributed by atoms with van der Waals surface area (Å²) >= 11 is 0. The number of ether oxygens (including phenoxy) is 1. The summed E-state index contributed by atoms with van der Waals surface area (Å²) in [5, 5.41) is 11.1. The van der Waals surface area contributed by atoms with Gasteiger partial charge in [0, 0.05) is 11.3 Å². The van der Waals surface area contributed by atoms with Crippen LogP contribution in [-0.2, 0) is 9.59 Å². The zero-order valence-corrected chi connectivity index (χ0v) is 16.7. The number of methoxy groups -OCH3 is 1. The van der Waals surface area contributed by atoms with Crippen LogP contribution in [0.4, 0.5) is 5.69 Å². The summed E-state index contributed by atoms with van der Waals surface area (Å²) in [6.07, 6.45) is 0. The van der Waals surface area contributed by atoms with Gasteiger partial charge in [-0.2, -0.15) is 0 Å². The molecule has 0 unspecified atom stereocenters. The lowest BCUT2D eigenvalue weighted by Gasteiger charge is -2.25. The van der Waals surface area contributed by atoms with Crippen molar-refractivity contribution in [2.75, 3.05) is 12.0 Å². The Morgan fingerprint density at radius 3 is 2.13 bits per heavy atom. The lowest BCUT2D eigenvalue weighted by Crippen LogP contribution is -2.29. The van der Waals surface area contributed by atoms with Crippen molar-refractivity contribution in [3.05, 3.63) is 101 Å². The van der Waals surface area contributed by atoms with E-state index >= 15 is 0 Å². The van der Waals surface area contributed by atoms with Crippen molar-refractivity contribution in [1.29, 1.82) is 0 Å². The first kappa shape index (κ1) is 19.5. The summed E-state index contributed by atoms with van der Waals surface area (Å²) in [6.45, 7) is 1.94. The number of aliphatic hydroxyl groups is 1. The van der Waals surface area contributed by atoms with Crippen LogP contribution in [0, 0.1) is 6.92 Å². The van der Waals surface area contributed by atoms with E-state index in [1.54, 1.807) is 67.8 Å². The van der Waals surface area contributed by atoms with E-state index in [1.165, 1.54) is 4.90 Å². The minimum atomic E-state index is -0.750. The molecule has 0 saturated carbocycles. The Morgan fingerprint density at radius 2 is 1.53 bits per heavy atom. The molecule has 150 valence electrons. The predicted octanol–water partition coefficient (Wildman–Crippen LogP) is 4.63. The van der Waals surface area contributed by atoms with Gasteiger partial charge in [0.25, 0.3) is 11.7 Å². The molecule has 1 N–H and O–H groups in total. The van der Waals surface area contributed by atoms with Crippen LogP contribution in [0.3, 0.4) is 0 Å². The number of hydrogen-bond donors (Lipinski definition) is 1. The maximum absolute atomic E-state index is 13.0. The number of hydrogen-bond acceptors (Lipinski definition) is 4. The highest BCUT2D eigenvalue weighted by molar-refractivity contribution is 6.51. The zero-order chi connectivity index (χ0) is 21.3. The summed E-state index contributed by atoms with van der Waals surface area (Å²) < 4.78 is 5.23. The fourth-order valence-electron chi connectivity index (χ4n) is 3.66. The Morgan fingerprint density at radius 1 is 0.900 bits per heavy atom. The van der Waals surface area contributed by atoms with Crippen LogP contribution < -0.4 is 9.64 Å². The number of amides is 1. The van der Waals surface area contributed by atoms with E-state index in [0.29, 0.717) is 22.6 Å². The summed E-state index contributed by atoms with van der Waals surface area (Å²) in [6, 6.07) is 22.6. The van der Waals surface area contributed by atoms with Crippen molar-refractivity contribution in [2.24, 2.45) is 0 Å². The van der Waals surface area contributed by atoms with Gasteiger partial charge >= 0.3 is 0 Å². The van der Waals surface area contributed by atoms with E-state index in [2.05, 4.69) is 0 Å². The molecule has 3 aromatic rings. The number of benzene rings is 3. The number of anilines is 1. The molecular formula is C25H21NO4. The molecule has 0 spiro atoms. The van der Waals surface area contributed by atoms with E-state index in [4.69, 9.17) is 4.74 Å². The van der Waals surface area contributed by atoms with Crippen molar-refractivity contribution in [1.82, 2.24) is 0 Å². The highest BCUT2D eigenvalue weighted by Gasteiger charge is 2.46. The molecule has 3 aromatic carbocycles. The van der Waals surface area contributed by atoms with Gasteiger partial charge in [-0.3, -0.25) is 14.5 Å². The second-order valence-corrected chi connectivity index (χ2v) is 7.14. The van der Waals surface area contributed by atoms with Gasteiger partial charge in [0.05, 0.1) is 18.7 Å². The van der Waals surface area contributed by atoms with Crippen LogP contribution in [-0.4, -0.2) is 23.9 Å². The van der Waals surface area contributed by atoms with Gasteiger partial charge in [-0.15, -0.1) is 0 Å². The number of aryl methyl sites for hydroxylation is 1. The van der Waals surface area contributed by atoms with E-state index in [1.807, 2.05) is 25.1 Å². The number of carbonyl (C=O) groups excluding carboxylic acids is 2. The molecule has 1 atom stereocenters. The smallest absolute Gasteiger partial charge is 0.300 e. The van der Waals surface area contributed by atoms with Gasteiger partial charge in [0.1, 0.15) is 11.5 Å². The molecule has 5 nitrogen and oxygen atoms in total. The van der Waals surface area contributed by atoms with Crippen molar-refractivity contribution in [2.45, 2.75) is 13.0 Å². The molecular weight excluding hydrogens is 378 g/mol. The van der Waals surface area contributed by atoms with Crippen molar-refractivity contribution < 1.29 is 19.4 Å². The zero-order valence-electron chi connectivity index (χ0n) is 16.7. The molecule has 0 radical (unpaired) electrons. The Bertz CT molecular complexity index is 1120. The van der Waals surface area contributed by atoms with Gasteiger partial charge in [0.15, 0.2) is 0 Å². The van der Waals surface area contributed by atoms with E-state index in [-0.39, 0.29) is 11.3 Å². The van der Waals surface area contributed by atoms with Crippen molar-refractivity contribution >= 4 is 23.1 Å². The quantitative estimate of drug-likeness (QED) is 0.395. The van der Waals surface area contributed by atoms with Crippen LogP contribution in [0.1, 0.15) is 22.7 Å². The molecule has 1 fully saturated rings. The second kappa shape index (κ2) is 7.87. The maximum atomic E-state index is 13.0. The highest BCUT2D eigenvalue weighted by atomic mass is 16.5. The molecule has 0 bridgehead atoms. The number of Topliss-reactive ketones (excluding diaryl/α,β-unsaturated/α-hetero) is 1. The Hall–Kier alpha value is -3.86. The molecule has 1 heterocycles. The number of aliphatic hydroxyl groups excluding tert-OH is 1. The molecule has 0 aromatic heterocycles. The lowest BCUT2D eigenvalue weighted by atomic mass is 9.95. The number of rotatable bonds is 4. The van der Waals surface area contributed by atoms with E-state index in [0.717, 1.165) is 5.56 Å². The average Bonchev–Trinajstić information content (AvgIpc) is 3.05. The number of carbonyl (C=O) groups is 2. The average molecular weight is 399 g/mol. The van der Waals surface area contributed by atoms with Crippen LogP contribution >= 0.6 is 0 Å². The normalized spacial score (nSPS) is 17.9. The highest BCUT2D eigenvalue weighted by Crippen LogP contribution is 2.42. The third-order valence-corrected chi connectivity index (χ3v) is 5.24. The monoisotopic (exact) mass is 399 g/mol. The van der Waals surface area contributed by atoms with Crippen LogP contribution in [0.2, 0.25) is 0 Å². The molecule has 0 aliphatic carbocycles. The summed E-state index contributed by atoms with van der Waals surface area (Å²) in [5.74, 6) is -0.907. The third-order valence-electron chi connectivity index (χ3n) is 5.24. The summed E-state index contributed by atoms with van der Waals surface area (Å²) in [7, 11) is 1.57. The molecule has 1 saturated heterocycles. The molecule has 1 aliphatic rings. The molecule has 5 heteroatoms. The first-order valence-electron chi connectivity index (χ1n) is 9.58. The van der Waals surface area contributed by atoms with Gasteiger partial charge in [0.2, 0.25) is 0 Å².